The minimum absolute atomic E-state index is 0.272. The fourth-order valence-corrected chi connectivity index (χ4v) is 2.57. The first-order valence-electron chi connectivity index (χ1n) is 8.02. The molecule has 2 aromatic carbocycles. The Morgan fingerprint density at radius 3 is 2.50 bits per heavy atom. The van der Waals surface area contributed by atoms with Gasteiger partial charge in [-0.05, 0) is 24.1 Å². The van der Waals surface area contributed by atoms with Crippen LogP contribution in [0.1, 0.15) is 26.2 Å². The van der Waals surface area contributed by atoms with Crippen molar-refractivity contribution in [1.82, 2.24) is 0 Å². The molecule has 4 nitrogen and oxygen atoms in total. The van der Waals surface area contributed by atoms with Crippen molar-refractivity contribution < 1.29 is 13.9 Å². The van der Waals surface area contributed by atoms with Crippen LogP contribution in [0.25, 0.3) is 22.1 Å². The number of esters is 1. The predicted molar refractivity (Wildman–Crippen MR) is 93.1 cm³/mol. The molecule has 1 aromatic heterocycles. The predicted octanol–water partition coefficient (Wildman–Crippen LogP) is 4.56. The van der Waals surface area contributed by atoms with E-state index in [4.69, 9.17) is 9.15 Å². The summed E-state index contributed by atoms with van der Waals surface area (Å²) in [7, 11) is 0. The molecule has 0 saturated heterocycles. The number of fused-ring (bicyclic) bond motifs is 1. The summed E-state index contributed by atoms with van der Waals surface area (Å²) in [6.45, 7) is 2.01. The highest BCUT2D eigenvalue weighted by atomic mass is 16.5. The van der Waals surface area contributed by atoms with Gasteiger partial charge in [-0.25, -0.2) is 4.79 Å². The molecule has 0 aliphatic rings. The van der Waals surface area contributed by atoms with Gasteiger partial charge < -0.3 is 9.15 Å². The summed E-state index contributed by atoms with van der Waals surface area (Å²) in [5, 5.41) is 0.612. The topological polar surface area (TPSA) is 56.5 Å². The number of carbonyl (C=O) groups is 1. The Kier molecular flexibility index (Phi) is 4.75. The molecule has 4 heteroatoms. The van der Waals surface area contributed by atoms with E-state index in [2.05, 4.69) is 0 Å². The molecule has 0 saturated carbocycles. The van der Waals surface area contributed by atoms with E-state index in [0.717, 1.165) is 12.8 Å². The Bertz CT molecular complexity index is 910. The van der Waals surface area contributed by atoms with E-state index in [9.17, 15) is 9.59 Å². The number of hydrogen-bond acceptors (Lipinski definition) is 4. The van der Waals surface area contributed by atoms with Crippen molar-refractivity contribution in [3.05, 3.63) is 65.0 Å². The lowest BCUT2D eigenvalue weighted by Gasteiger charge is -2.12. The third-order valence-corrected chi connectivity index (χ3v) is 3.78. The van der Waals surface area contributed by atoms with Crippen molar-refractivity contribution >= 4 is 16.9 Å². The van der Waals surface area contributed by atoms with Gasteiger partial charge in [0.15, 0.2) is 5.75 Å². The maximum absolute atomic E-state index is 12.5. The minimum atomic E-state index is -0.516. The molecule has 0 atom stereocenters. The van der Waals surface area contributed by atoms with E-state index in [1.165, 1.54) is 0 Å². The van der Waals surface area contributed by atoms with Gasteiger partial charge in [-0.1, -0.05) is 55.8 Å². The lowest BCUT2D eigenvalue weighted by molar-refractivity contribution is -0.134. The molecule has 0 aliphatic carbocycles. The van der Waals surface area contributed by atoms with Crippen LogP contribution in [0, 0.1) is 0 Å². The van der Waals surface area contributed by atoms with Crippen molar-refractivity contribution in [3.63, 3.8) is 0 Å². The number of rotatable bonds is 5. The second kappa shape index (κ2) is 7.13. The van der Waals surface area contributed by atoms with Gasteiger partial charge in [0.1, 0.15) is 11.1 Å². The number of benzene rings is 2. The molecule has 1 heterocycles. The highest BCUT2D eigenvalue weighted by Crippen LogP contribution is 2.34. The van der Waals surface area contributed by atoms with E-state index in [1.807, 2.05) is 31.2 Å². The van der Waals surface area contributed by atoms with Crippen LogP contribution in [-0.4, -0.2) is 5.97 Å². The number of para-hydroxylation sites is 1. The van der Waals surface area contributed by atoms with Gasteiger partial charge in [0.2, 0.25) is 0 Å². The molecule has 3 aromatic rings. The molecule has 24 heavy (non-hydrogen) atoms. The molecule has 0 radical (unpaired) electrons. The first-order chi connectivity index (χ1) is 11.7. The molecular formula is C20H18O4. The zero-order valence-corrected chi connectivity index (χ0v) is 13.5. The Hall–Kier alpha value is -2.88. The Morgan fingerprint density at radius 2 is 1.75 bits per heavy atom. The highest BCUT2D eigenvalue weighted by molar-refractivity contribution is 5.93. The zero-order chi connectivity index (χ0) is 16.9. The van der Waals surface area contributed by atoms with Gasteiger partial charge in [-0.15, -0.1) is 0 Å². The van der Waals surface area contributed by atoms with Crippen LogP contribution in [0.4, 0.5) is 0 Å². The average molecular weight is 322 g/mol. The van der Waals surface area contributed by atoms with Gasteiger partial charge in [-0.2, -0.15) is 0 Å². The number of ether oxygens (including phenoxy) is 1. The quantitative estimate of drug-likeness (QED) is 0.510. The molecule has 0 unspecified atom stereocenters. The zero-order valence-electron chi connectivity index (χ0n) is 13.5. The fraction of sp³-hybridized carbons (Fsp3) is 0.200. The van der Waals surface area contributed by atoms with Gasteiger partial charge >= 0.3 is 11.6 Å². The Morgan fingerprint density at radius 1 is 1.04 bits per heavy atom. The van der Waals surface area contributed by atoms with Gasteiger partial charge in [0, 0.05) is 6.42 Å². The number of hydrogen-bond donors (Lipinski definition) is 0. The summed E-state index contributed by atoms with van der Waals surface area (Å²) < 4.78 is 11.0. The second-order valence-electron chi connectivity index (χ2n) is 5.53. The molecular weight excluding hydrogens is 304 g/mol. The van der Waals surface area contributed by atoms with Crippen molar-refractivity contribution in [2.45, 2.75) is 26.2 Å². The van der Waals surface area contributed by atoms with Crippen molar-refractivity contribution in [2.24, 2.45) is 0 Å². The molecule has 3 rings (SSSR count). The van der Waals surface area contributed by atoms with Crippen LogP contribution >= 0.6 is 0 Å². The molecule has 0 bridgehead atoms. The summed E-state index contributed by atoms with van der Waals surface area (Å²) in [6, 6.07) is 16.2. The number of unbranched alkanes of at least 4 members (excludes halogenated alkanes) is 1. The number of carbonyl (C=O) groups excluding carboxylic acids is 1. The van der Waals surface area contributed by atoms with E-state index in [-0.39, 0.29) is 17.3 Å². The molecule has 0 spiro atoms. The summed E-state index contributed by atoms with van der Waals surface area (Å²) >= 11 is 0. The van der Waals surface area contributed by atoms with Crippen LogP contribution < -0.4 is 10.4 Å². The maximum atomic E-state index is 12.5. The third kappa shape index (κ3) is 3.23. The fourth-order valence-electron chi connectivity index (χ4n) is 2.57. The molecule has 0 aliphatic heterocycles. The standard InChI is InChI=1S/C20H18O4/c1-2-3-13-17(21)24-19-15-11-7-8-12-16(15)23-20(22)18(19)14-9-5-4-6-10-14/h4-12H,2-3,13H2,1H3. The Labute approximate surface area is 139 Å². The third-order valence-electron chi connectivity index (χ3n) is 3.78. The lowest BCUT2D eigenvalue weighted by atomic mass is 10.0. The normalized spacial score (nSPS) is 10.7. The lowest BCUT2D eigenvalue weighted by Crippen LogP contribution is -2.13. The molecule has 0 amide bonds. The molecule has 0 fully saturated rings. The van der Waals surface area contributed by atoms with Gasteiger partial charge in [0.05, 0.1) is 5.39 Å². The first-order valence-corrected chi connectivity index (χ1v) is 8.02. The molecule has 122 valence electrons. The summed E-state index contributed by atoms with van der Waals surface area (Å²) in [5.74, 6) is -0.0704. The van der Waals surface area contributed by atoms with Crippen molar-refractivity contribution in [2.75, 3.05) is 0 Å². The van der Waals surface area contributed by atoms with E-state index < -0.39 is 5.63 Å². The van der Waals surface area contributed by atoms with Gasteiger partial charge in [0.25, 0.3) is 0 Å². The van der Waals surface area contributed by atoms with Gasteiger partial charge in [-0.3, -0.25) is 4.79 Å². The SMILES string of the molecule is CCCCC(=O)Oc1c(-c2ccccc2)c(=O)oc2ccccc12. The van der Waals surface area contributed by atoms with E-state index in [1.54, 1.807) is 30.3 Å². The van der Waals surface area contributed by atoms with Crippen LogP contribution in [0.15, 0.2) is 63.8 Å². The summed E-state index contributed by atoms with van der Waals surface area (Å²) in [4.78, 5) is 24.6. The summed E-state index contributed by atoms with van der Waals surface area (Å²) in [5.41, 5.74) is 0.827. The van der Waals surface area contributed by atoms with Crippen LogP contribution in [0.2, 0.25) is 0 Å². The van der Waals surface area contributed by atoms with Crippen LogP contribution in [0.5, 0.6) is 5.75 Å². The Balaban J connectivity index is 2.19. The van der Waals surface area contributed by atoms with E-state index in [0.29, 0.717) is 23.0 Å². The molecule has 0 N–H and O–H groups in total. The highest BCUT2D eigenvalue weighted by Gasteiger charge is 2.20. The second-order valence-corrected chi connectivity index (χ2v) is 5.53. The first kappa shape index (κ1) is 16.0. The van der Waals surface area contributed by atoms with E-state index >= 15 is 0 Å². The minimum Gasteiger partial charge on any atom is -0.425 e. The van der Waals surface area contributed by atoms with Crippen molar-refractivity contribution in [3.8, 4) is 16.9 Å². The summed E-state index contributed by atoms with van der Waals surface area (Å²) in [6.07, 6.45) is 1.97. The van der Waals surface area contributed by atoms with Crippen LogP contribution in [-0.2, 0) is 4.79 Å². The smallest absolute Gasteiger partial charge is 0.348 e. The monoisotopic (exact) mass is 322 g/mol. The largest absolute Gasteiger partial charge is 0.425 e. The van der Waals surface area contributed by atoms with Crippen molar-refractivity contribution in [1.29, 1.82) is 0 Å². The maximum Gasteiger partial charge on any atom is 0.348 e. The van der Waals surface area contributed by atoms with Crippen LogP contribution in [0.3, 0.4) is 0 Å². The average Bonchev–Trinajstić information content (AvgIpc) is 2.60.